The van der Waals surface area contributed by atoms with Gasteiger partial charge in [-0.15, -0.1) is 0 Å². The molecule has 2 rings (SSSR count). The molecule has 0 aliphatic carbocycles. The van der Waals surface area contributed by atoms with Crippen LogP contribution in [-0.2, 0) is 10.0 Å². The number of amides is 2. The maximum absolute atomic E-state index is 13.5. The molecule has 1 unspecified atom stereocenters. The van der Waals surface area contributed by atoms with Gasteiger partial charge < -0.3 is 0 Å². The number of sulfonamides is 1. The van der Waals surface area contributed by atoms with Gasteiger partial charge in [-0.3, -0.25) is 0 Å². The highest BCUT2D eigenvalue weighted by Crippen LogP contribution is 2.19. The van der Waals surface area contributed by atoms with Crippen molar-refractivity contribution >= 4 is 22.3 Å². The van der Waals surface area contributed by atoms with Crippen LogP contribution in [0.3, 0.4) is 0 Å². The van der Waals surface area contributed by atoms with Crippen LogP contribution in [0.5, 0.6) is 0 Å². The minimum Gasteiger partial charge on any atom is -0.246 e. The molecule has 0 saturated carbocycles. The van der Waals surface area contributed by atoms with E-state index in [4.69, 9.17) is 0 Å². The van der Waals surface area contributed by atoms with E-state index in [9.17, 15) is 22.0 Å². The Morgan fingerprint density at radius 3 is 2.57 bits per heavy atom. The van der Waals surface area contributed by atoms with E-state index in [0.29, 0.717) is 0 Å². The lowest BCUT2D eigenvalue weighted by Crippen LogP contribution is -2.40. The summed E-state index contributed by atoms with van der Waals surface area (Å²) in [7, 11) is -4.65. The van der Waals surface area contributed by atoms with Gasteiger partial charge in [0.1, 0.15) is 11.6 Å². The van der Waals surface area contributed by atoms with Crippen LogP contribution < -0.4 is 4.72 Å². The number of hydrogen-bond donors (Lipinski definition) is 1. The molecule has 1 heterocycles. The number of nitrogens with zero attached hydrogens (tertiary/aromatic N) is 2. The molecule has 1 aliphatic rings. The fourth-order valence-electron chi connectivity index (χ4n) is 1.82. The monoisotopic (exact) mass is 317 g/mol. The molecule has 6 nitrogen and oxygen atoms in total. The van der Waals surface area contributed by atoms with Crippen LogP contribution in [0.1, 0.15) is 13.3 Å². The molecule has 2 amide bonds. The van der Waals surface area contributed by atoms with E-state index in [-0.39, 0.29) is 12.5 Å². The van der Waals surface area contributed by atoms with Crippen LogP contribution in [0.2, 0.25) is 0 Å². The van der Waals surface area contributed by atoms with Gasteiger partial charge in [0, 0.05) is 12.1 Å². The topological polar surface area (TPSA) is 78.8 Å². The zero-order valence-electron chi connectivity index (χ0n) is 11.1. The lowest BCUT2D eigenvalue weighted by Gasteiger charge is -2.15. The Morgan fingerprint density at radius 1 is 1.43 bits per heavy atom. The molecule has 0 bridgehead atoms. The Hall–Kier alpha value is -2.03. The van der Waals surface area contributed by atoms with E-state index in [0.717, 1.165) is 29.6 Å². The van der Waals surface area contributed by atoms with Crippen molar-refractivity contribution in [2.75, 3.05) is 6.54 Å². The average Bonchev–Trinajstić information content (AvgIpc) is 2.86. The number of nitrogens with one attached hydrogen (secondary N) is 1. The van der Waals surface area contributed by atoms with Gasteiger partial charge in [-0.25, -0.2) is 31.7 Å². The second-order valence-corrected chi connectivity index (χ2v) is 6.10. The molecule has 9 heteroatoms. The van der Waals surface area contributed by atoms with E-state index < -0.39 is 32.6 Å². The lowest BCUT2D eigenvalue weighted by molar-refractivity contribution is 0.207. The summed E-state index contributed by atoms with van der Waals surface area (Å²) in [6.07, 6.45) is 2.26. The second kappa shape index (κ2) is 5.76. The van der Waals surface area contributed by atoms with Crippen LogP contribution in [0.15, 0.2) is 28.2 Å². The Bertz CT molecular complexity index is 671. The number of hydrazone groups is 1. The van der Waals surface area contributed by atoms with Crippen LogP contribution in [0.25, 0.3) is 0 Å². The molecular formula is C12H13F2N3O3S. The highest BCUT2D eigenvalue weighted by atomic mass is 32.2. The van der Waals surface area contributed by atoms with Crippen molar-refractivity contribution in [2.24, 2.45) is 11.0 Å². The van der Waals surface area contributed by atoms with Gasteiger partial charge in [-0.2, -0.15) is 5.10 Å². The molecule has 21 heavy (non-hydrogen) atoms. The summed E-state index contributed by atoms with van der Waals surface area (Å²) in [5, 5.41) is 4.66. The summed E-state index contributed by atoms with van der Waals surface area (Å²) in [6.45, 7) is 2.11. The Morgan fingerprint density at radius 2 is 2.05 bits per heavy atom. The molecule has 0 radical (unpaired) electrons. The fraction of sp³-hybridized carbons (Fsp3) is 0.333. The number of urea groups is 1. The SMILES string of the molecule is CCC1C=NN(C(=O)NS(=O)(=O)c2c(F)cccc2F)C1. The van der Waals surface area contributed by atoms with Crippen LogP contribution in [0.4, 0.5) is 13.6 Å². The molecule has 1 aromatic carbocycles. The Balaban J connectivity index is 2.19. The van der Waals surface area contributed by atoms with Crippen molar-refractivity contribution in [2.45, 2.75) is 18.2 Å². The van der Waals surface area contributed by atoms with Gasteiger partial charge in [-0.05, 0) is 18.6 Å². The maximum Gasteiger partial charge on any atom is 0.351 e. The third-order valence-corrected chi connectivity index (χ3v) is 4.36. The maximum atomic E-state index is 13.5. The zero-order valence-corrected chi connectivity index (χ0v) is 11.9. The average molecular weight is 317 g/mol. The van der Waals surface area contributed by atoms with Gasteiger partial charge in [0.05, 0.1) is 6.54 Å². The largest absolute Gasteiger partial charge is 0.351 e. The molecule has 1 atom stereocenters. The zero-order chi connectivity index (χ0) is 15.6. The summed E-state index contributed by atoms with van der Waals surface area (Å²) in [6, 6.07) is 1.57. The van der Waals surface area contributed by atoms with Crippen LogP contribution in [-0.4, -0.2) is 32.2 Å². The summed E-state index contributed by atoms with van der Waals surface area (Å²) in [5.41, 5.74) is 0. The summed E-state index contributed by atoms with van der Waals surface area (Å²) >= 11 is 0. The van der Waals surface area contributed by atoms with Crippen molar-refractivity contribution < 1.29 is 22.0 Å². The smallest absolute Gasteiger partial charge is 0.246 e. The van der Waals surface area contributed by atoms with E-state index in [1.54, 1.807) is 4.72 Å². The number of carbonyl (C=O) groups excluding carboxylic acids is 1. The molecule has 0 fully saturated rings. The first-order chi connectivity index (χ1) is 9.85. The van der Waals surface area contributed by atoms with E-state index in [2.05, 4.69) is 5.10 Å². The molecular weight excluding hydrogens is 304 g/mol. The second-order valence-electron chi connectivity index (χ2n) is 4.48. The Labute approximate surface area is 120 Å². The Kier molecular flexibility index (Phi) is 4.21. The number of hydrogen-bond acceptors (Lipinski definition) is 4. The first kappa shape index (κ1) is 15.4. The predicted molar refractivity (Wildman–Crippen MR) is 71.1 cm³/mol. The molecule has 114 valence electrons. The van der Waals surface area contributed by atoms with Crippen LogP contribution >= 0.6 is 0 Å². The number of halogens is 2. The predicted octanol–water partition coefficient (Wildman–Crippen LogP) is 1.69. The van der Waals surface area contributed by atoms with Crippen LogP contribution in [0, 0.1) is 17.6 Å². The molecule has 1 N–H and O–H groups in total. The third-order valence-electron chi connectivity index (χ3n) is 2.99. The van der Waals surface area contributed by atoms with E-state index >= 15 is 0 Å². The van der Waals surface area contributed by atoms with Crippen molar-refractivity contribution in [3.8, 4) is 0 Å². The highest BCUT2D eigenvalue weighted by Gasteiger charge is 2.29. The van der Waals surface area contributed by atoms with Crippen molar-refractivity contribution in [1.82, 2.24) is 9.73 Å². The third kappa shape index (κ3) is 3.18. The van der Waals surface area contributed by atoms with Gasteiger partial charge in [0.2, 0.25) is 0 Å². The summed E-state index contributed by atoms with van der Waals surface area (Å²) < 4.78 is 52.4. The summed E-state index contributed by atoms with van der Waals surface area (Å²) in [5.74, 6) is -2.51. The fourth-order valence-corrected chi connectivity index (χ4v) is 2.91. The number of rotatable bonds is 3. The van der Waals surface area contributed by atoms with Crippen molar-refractivity contribution in [1.29, 1.82) is 0 Å². The standard InChI is InChI=1S/C12H13F2N3O3S/c1-2-8-6-15-17(7-8)12(18)16-21(19,20)11-9(13)4-3-5-10(11)14/h3-6,8H,2,7H2,1H3,(H,16,18). The minimum atomic E-state index is -4.65. The normalized spacial score (nSPS) is 18.0. The molecule has 0 aromatic heterocycles. The number of benzene rings is 1. The molecule has 1 aliphatic heterocycles. The van der Waals surface area contributed by atoms with Gasteiger partial charge in [0.25, 0.3) is 10.0 Å². The molecule has 0 saturated heterocycles. The molecule has 1 aromatic rings. The van der Waals surface area contributed by atoms with Gasteiger partial charge in [0.15, 0.2) is 4.90 Å². The van der Waals surface area contributed by atoms with Gasteiger partial charge in [-0.1, -0.05) is 13.0 Å². The van der Waals surface area contributed by atoms with E-state index in [1.165, 1.54) is 6.21 Å². The highest BCUT2D eigenvalue weighted by molar-refractivity contribution is 7.90. The van der Waals surface area contributed by atoms with Gasteiger partial charge >= 0.3 is 6.03 Å². The first-order valence-corrected chi connectivity index (χ1v) is 7.66. The minimum absolute atomic E-state index is 0.0312. The first-order valence-electron chi connectivity index (χ1n) is 6.17. The number of carbonyl (C=O) groups is 1. The summed E-state index contributed by atoms with van der Waals surface area (Å²) in [4.78, 5) is 10.6. The van der Waals surface area contributed by atoms with Crippen molar-refractivity contribution in [3.05, 3.63) is 29.8 Å². The van der Waals surface area contributed by atoms with Crippen molar-refractivity contribution in [3.63, 3.8) is 0 Å². The quantitative estimate of drug-likeness (QED) is 0.921. The molecule has 0 spiro atoms. The lowest BCUT2D eigenvalue weighted by atomic mass is 10.1. The van der Waals surface area contributed by atoms with E-state index in [1.807, 2.05) is 6.92 Å².